The van der Waals surface area contributed by atoms with Crippen LogP contribution in [0.25, 0.3) is 0 Å². The Labute approximate surface area is 50.0 Å². The van der Waals surface area contributed by atoms with Gasteiger partial charge in [0.25, 0.3) is 0 Å². The highest BCUT2D eigenvalue weighted by Gasteiger charge is 1.73. The lowest BCUT2D eigenvalue weighted by Crippen LogP contribution is -1.72. The fourth-order valence-corrected chi connectivity index (χ4v) is 0.286. The summed E-state index contributed by atoms with van der Waals surface area (Å²) >= 11 is 0. The van der Waals surface area contributed by atoms with Gasteiger partial charge in [0.1, 0.15) is 0 Å². The summed E-state index contributed by atoms with van der Waals surface area (Å²) in [6.07, 6.45) is 1.12. The first-order chi connectivity index (χ1) is 5.41. The Morgan fingerprint density at radius 2 is 3.00 bits per heavy atom. The van der Waals surface area contributed by atoms with Crippen molar-refractivity contribution in [3.05, 3.63) is 30.0 Å². The molecule has 0 saturated carbocycles. The number of aryl methyl sites for hydroxylation is 1. The summed E-state index contributed by atoms with van der Waals surface area (Å²) in [6.45, 7) is -2.36. The topological polar surface area (TPSA) is 12.9 Å². The van der Waals surface area contributed by atoms with E-state index < -0.39 is 6.85 Å². The Hall–Kier alpha value is -0.850. The van der Waals surface area contributed by atoms with E-state index in [1.165, 1.54) is 0 Å². The van der Waals surface area contributed by atoms with Crippen LogP contribution in [0.3, 0.4) is 0 Å². The van der Waals surface area contributed by atoms with E-state index in [9.17, 15) is 0 Å². The second kappa shape index (κ2) is 1.73. The van der Waals surface area contributed by atoms with E-state index in [2.05, 4.69) is 4.98 Å². The van der Waals surface area contributed by atoms with Crippen molar-refractivity contribution >= 4 is 0 Å². The fraction of sp³-hybridized carbons (Fsp3) is 0.167. The van der Waals surface area contributed by atoms with E-state index in [0.717, 1.165) is 12.3 Å². The summed E-state index contributed by atoms with van der Waals surface area (Å²) in [5.74, 6) is 0. The van der Waals surface area contributed by atoms with Gasteiger partial charge in [-0.3, -0.25) is 4.98 Å². The normalized spacial score (nSPS) is 20.9. The molecule has 0 N–H and O–H groups in total. The highest BCUT2D eigenvalue weighted by Crippen LogP contribution is 1.85. The van der Waals surface area contributed by atoms with Crippen LogP contribution >= 0.6 is 0 Å². The third-order valence-electron chi connectivity index (χ3n) is 0.560. The van der Waals surface area contributed by atoms with Crippen molar-refractivity contribution in [3.8, 4) is 0 Å². The average molecular weight is 98.2 g/mol. The molecule has 7 heavy (non-hydrogen) atoms. The van der Waals surface area contributed by atoms with Crippen molar-refractivity contribution in [3.63, 3.8) is 0 Å². The van der Waals surface area contributed by atoms with Crippen LogP contribution in [-0.2, 0) is 0 Å². The molecule has 1 heterocycles. The predicted octanol–water partition coefficient (Wildman–Crippen LogP) is 1.39. The number of pyridine rings is 1. The molecular weight excluding hydrogens is 86.1 g/mol. The first-order valence-electron chi connectivity index (χ1n) is 4.35. The monoisotopic (exact) mass is 98.1 g/mol. The van der Waals surface area contributed by atoms with Crippen molar-refractivity contribution in [2.45, 2.75) is 6.85 Å². The summed E-state index contributed by atoms with van der Waals surface area (Å²) in [5.41, 5.74) is -0.251. The van der Waals surface area contributed by atoms with Crippen LogP contribution < -0.4 is 0 Å². The number of aromatic nitrogens is 1. The lowest BCUT2D eigenvalue weighted by atomic mass is 10.4. The van der Waals surface area contributed by atoms with Gasteiger partial charge < -0.3 is 0 Å². The largest absolute Gasteiger partial charge is 0.262 e. The number of rotatable bonds is 0. The van der Waals surface area contributed by atoms with E-state index in [1.54, 1.807) is 0 Å². The highest BCUT2D eigenvalue weighted by molar-refractivity contribution is 4.99. The van der Waals surface area contributed by atoms with Crippen molar-refractivity contribution < 1.29 is 6.85 Å². The van der Waals surface area contributed by atoms with Gasteiger partial charge in [0.15, 0.2) is 0 Å². The molecule has 0 radical (unpaired) electrons. The Kier molecular flexibility index (Phi) is 0.325. The molecule has 0 fully saturated rings. The zero-order valence-corrected chi connectivity index (χ0v) is 3.60. The molecule has 1 aromatic rings. The third-order valence-corrected chi connectivity index (χ3v) is 0.560. The predicted molar refractivity (Wildman–Crippen MR) is 29.0 cm³/mol. The van der Waals surface area contributed by atoms with E-state index >= 15 is 0 Å². The summed E-state index contributed by atoms with van der Waals surface area (Å²) in [7, 11) is 0. The number of hydrogen-bond donors (Lipinski definition) is 0. The molecule has 0 bridgehead atoms. The lowest BCUT2D eigenvalue weighted by Gasteiger charge is -1.82. The third kappa shape index (κ3) is 1.000. The second-order valence-corrected chi connectivity index (χ2v) is 1.06. The summed E-state index contributed by atoms with van der Waals surface area (Å²) in [6, 6.07) is 1.00. The molecule has 0 spiro atoms. The second-order valence-electron chi connectivity index (χ2n) is 1.06. The summed E-state index contributed by atoms with van der Waals surface area (Å²) in [4.78, 5) is 3.51. The molecule has 0 aromatic carbocycles. The van der Waals surface area contributed by atoms with Crippen LogP contribution in [0, 0.1) is 6.85 Å². The Bertz CT molecular complexity index is 292. The van der Waals surface area contributed by atoms with E-state index in [0.29, 0.717) is 0 Å². The zero-order chi connectivity index (χ0) is 9.35. The smallest absolute Gasteiger partial charge is 0.0642 e. The number of nitrogens with zero attached hydrogens (tertiary/aromatic N) is 1. The van der Waals surface area contributed by atoms with Crippen molar-refractivity contribution in [1.29, 1.82) is 0 Å². The molecule has 0 aliphatic heterocycles. The number of hydrogen-bond acceptors (Lipinski definition) is 1. The van der Waals surface area contributed by atoms with Gasteiger partial charge in [0, 0.05) is 16.0 Å². The van der Waals surface area contributed by atoms with Crippen LogP contribution in [0.1, 0.15) is 12.5 Å². The maximum absolute atomic E-state index is 7.22. The molecule has 36 valence electrons. The molecule has 0 aliphatic carbocycles. The van der Waals surface area contributed by atoms with Gasteiger partial charge in [0.05, 0.1) is 2.74 Å². The van der Waals surface area contributed by atoms with Crippen LogP contribution in [0.2, 0.25) is 0 Å². The molecule has 0 saturated heterocycles. The lowest BCUT2D eigenvalue weighted by molar-refractivity contribution is 1.20. The molecule has 1 rings (SSSR count). The van der Waals surface area contributed by atoms with Gasteiger partial charge >= 0.3 is 0 Å². The standard InChI is InChI=1S/C6H7N/c1-6-4-2-3-5-7-6/h2-5H,1H3/i1D3,3D,4D. The summed E-state index contributed by atoms with van der Waals surface area (Å²) < 4.78 is 35.2. The molecule has 0 aliphatic rings. The van der Waals surface area contributed by atoms with Gasteiger partial charge in [-0.2, -0.15) is 0 Å². The van der Waals surface area contributed by atoms with Crippen LogP contribution in [0.4, 0.5) is 0 Å². The summed E-state index contributed by atoms with van der Waals surface area (Å²) in [5, 5.41) is 0. The minimum atomic E-state index is -2.36. The van der Waals surface area contributed by atoms with Crippen LogP contribution in [0.15, 0.2) is 24.3 Å². The first kappa shape index (κ1) is 1.31. The van der Waals surface area contributed by atoms with Crippen LogP contribution in [0.5, 0.6) is 0 Å². The fourth-order valence-electron chi connectivity index (χ4n) is 0.286. The molecule has 1 heteroatoms. The molecular formula is C6H7N. The molecule has 0 atom stereocenters. The highest BCUT2D eigenvalue weighted by atomic mass is 14.6. The maximum Gasteiger partial charge on any atom is 0.0642 e. The molecule has 0 amide bonds. The SMILES string of the molecule is [2H]c1cnc(C([2H])([2H])[2H])c([2H])c1. The Morgan fingerprint density at radius 1 is 2.00 bits per heavy atom. The molecule has 1 aromatic heterocycles. The Balaban J connectivity index is 3.19. The van der Waals surface area contributed by atoms with Gasteiger partial charge in [-0.25, -0.2) is 0 Å². The molecule has 0 unspecified atom stereocenters. The maximum atomic E-state index is 7.22. The van der Waals surface area contributed by atoms with Gasteiger partial charge in [-0.1, -0.05) is 6.07 Å². The quantitative estimate of drug-likeness (QED) is 0.478. The van der Waals surface area contributed by atoms with Crippen LogP contribution in [-0.4, -0.2) is 4.98 Å². The molecule has 1 nitrogen and oxygen atoms in total. The minimum Gasteiger partial charge on any atom is -0.262 e. The van der Waals surface area contributed by atoms with Crippen molar-refractivity contribution in [2.24, 2.45) is 0 Å². The zero-order valence-electron chi connectivity index (χ0n) is 8.60. The Morgan fingerprint density at radius 3 is 3.71 bits per heavy atom. The van der Waals surface area contributed by atoms with E-state index in [1.807, 2.05) is 0 Å². The average Bonchev–Trinajstić information content (AvgIpc) is 1.83. The van der Waals surface area contributed by atoms with E-state index in [4.69, 9.17) is 6.85 Å². The van der Waals surface area contributed by atoms with Gasteiger partial charge in [-0.05, 0) is 18.9 Å². The first-order valence-corrected chi connectivity index (χ1v) is 1.85. The van der Waals surface area contributed by atoms with Gasteiger partial charge in [-0.15, -0.1) is 0 Å². The van der Waals surface area contributed by atoms with Crippen molar-refractivity contribution in [1.82, 2.24) is 4.98 Å². The van der Waals surface area contributed by atoms with Gasteiger partial charge in [0.2, 0.25) is 0 Å². The van der Waals surface area contributed by atoms with Crippen molar-refractivity contribution in [2.75, 3.05) is 0 Å². The van der Waals surface area contributed by atoms with E-state index in [-0.39, 0.29) is 17.8 Å². The minimum absolute atomic E-state index is 0.0491.